The molecule has 6 nitrogen and oxygen atoms in total. The molecule has 1 fully saturated rings. The number of rotatable bonds is 6. The molecule has 0 radical (unpaired) electrons. The van der Waals surface area contributed by atoms with Crippen molar-refractivity contribution >= 4 is 11.8 Å². The molecule has 0 amide bonds. The van der Waals surface area contributed by atoms with E-state index >= 15 is 0 Å². The molecule has 3 rings (SSSR count). The number of pyridine rings is 1. The van der Waals surface area contributed by atoms with E-state index in [9.17, 15) is 4.39 Å². The fraction of sp³-hybridized carbons (Fsp3) is 0.455. The van der Waals surface area contributed by atoms with Crippen LogP contribution in [0.5, 0.6) is 5.75 Å². The highest BCUT2D eigenvalue weighted by molar-refractivity contribution is 5.80. The van der Waals surface area contributed by atoms with Gasteiger partial charge in [0.25, 0.3) is 0 Å². The van der Waals surface area contributed by atoms with Crippen LogP contribution in [-0.2, 0) is 6.54 Å². The van der Waals surface area contributed by atoms with Gasteiger partial charge < -0.3 is 20.3 Å². The molecule has 1 aromatic carbocycles. The standard InChI is InChI=1S/C22H30FN5O/c1-4-29-20-9-8-17(14-19(20)23)15-25-22(24-3)27-18-10-12-28(13-11-18)21-7-5-6-16(2)26-21/h5-9,14,18H,4,10-13,15H2,1-3H3,(H2,24,25,27). The summed E-state index contributed by atoms with van der Waals surface area (Å²) in [6.45, 7) is 6.71. The van der Waals surface area contributed by atoms with Gasteiger partial charge in [-0.2, -0.15) is 0 Å². The van der Waals surface area contributed by atoms with Gasteiger partial charge in [-0.15, -0.1) is 0 Å². The van der Waals surface area contributed by atoms with Crippen LogP contribution in [0.25, 0.3) is 0 Å². The molecular weight excluding hydrogens is 369 g/mol. The first-order valence-electron chi connectivity index (χ1n) is 10.2. The summed E-state index contributed by atoms with van der Waals surface area (Å²) >= 11 is 0. The molecule has 2 N–H and O–H groups in total. The van der Waals surface area contributed by atoms with Gasteiger partial charge in [-0.05, 0) is 56.5 Å². The van der Waals surface area contributed by atoms with Gasteiger partial charge in [0.1, 0.15) is 5.82 Å². The van der Waals surface area contributed by atoms with Crippen molar-refractivity contribution in [2.45, 2.75) is 39.3 Å². The Morgan fingerprint density at radius 2 is 2.07 bits per heavy atom. The van der Waals surface area contributed by atoms with Crippen molar-refractivity contribution in [1.82, 2.24) is 15.6 Å². The maximum atomic E-state index is 14.0. The highest BCUT2D eigenvalue weighted by Crippen LogP contribution is 2.19. The van der Waals surface area contributed by atoms with Gasteiger partial charge in [-0.3, -0.25) is 4.99 Å². The average molecular weight is 400 g/mol. The predicted molar refractivity (Wildman–Crippen MR) is 115 cm³/mol. The summed E-state index contributed by atoms with van der Waals surface area (Å²) in [6.07, 6.45) is 2.02. The van der Waals surface area contributed by atoms with Crippen molar-refractivity contribution in [3.05, 3.63) is 53.5 Å². The topological polar surface area (TPSA) is 61.8 Å². The fourth-order valence-electron chi connectivity index (χ4n) is 3.46. The molecule has 1 saturated heterocycles. The molecule has 1 aliphatic rings. The first-order chi connectivity index (χ1) is 14.1. The molecule has 29 heavy (non-hydrogen) atoms. The minimum Gasteiger partial charge on any atom is -0.491 e. The number of hydrogen-bond donors (Lipinski definition) is 2. The zero-order chi connectivity index (χ0) is 20.6. The van der Waals surface area contributed by atoms with Gasteiger partial charge in [-0.1, -0.05) is 12.1 Å². The SMILES string of the molecule is CCOc1ccc(CNC(=NC)NC2CCN(c3cccc(C)n3)CC2)cc1F. The lowest BCUT2D eigenvalue weighted by molar-refractivity contribution is 0.321. The second-order valence-corrected chi connectivity index (χ2v) is 7.17. The smallest absolute Gasteiger partial charge is 0.191 e. The minimum absolute atomic E-state index is 0.286. The zero-order valence-electron chi connectivity index (χ0n) is 17.4. The number of benzene rings is 1. The van der Waals surface area contributed by atoms with Crippen LogP contribution in [0.3, 0.4) is 0 Å². The average Bonchev–Trinajstić information content (AvgIpc) is 2.73. The van der Waals surface area contributed by atoms with Crippen molar-refractivity contribution in [2.24, 2.45) is 4.99 Å². The van der Waals surface area contributed by atoms with E-state index in [0.717, 1.165) is 49.0 Å². The normalized spacial score (nSPS) is 15.3. The summed E-state index contributed by atoms with van der Waals surface area (Å²) in [5, 5.41) is 6.75. The van der Waals surface area contributed by atoms with Gasteiger partial charge >= 0.3 is 0 Å². The largest absolute Gasteiger partial charge is 0.491 e. The Balaban J connectivity index is 1.48. The fourth-order valence-corrected chi connectivity index (χ4v) is 3.46. The highest BCUT2D eigenvalue weighted by atomic mass is 19.1. The molecule has 2 heterocycles. The monoisotopic (exact) mass is 399 g/mol. The Kier molecular flexibility index (Phi) is 7.27. The van der Waals surface area contributed by atoms with Gasteiger partial charge in [0, 0.05) is 38.4 Å². The summed E-state index contributed by atoms with van der Waals surface area (Å²) in [4.78, 5) is 11.2. The molecule has 0 aliphatic carbocycles. The minimum atomic E-state index is -0.341. The lowest BCUT2D eigenvalue weighted by Gasteiger charge is -2.34. The van der Waals surface area contributed by atoms with E-state index in [1.54, 1.807) is 13.1 Å². The lowest BCUT2D eigenvalue weighted by Crippen LogP contribution is -2.48. The Morgan fingerprint density at radius 1 is 1.28 bits per heavy atom. The first-order valence-corrected chi connectivity index (χ1v) is 10.2. The Morgan fingerprint density at radius 3 is 2.72 bits per heavy atom. The molecule has 7 heteroatoms. The van der Waals surface area contributed by atoms with Crippen LogP contribution < -0.4 is 20.3 Å². The Hall–Kier alpha value is -2.83. The number of piperidine rings is 1. The number of aromatic nitrogens is 1. The number of nitrogens with one attached hydrogen (secondary N) is 2. The van der Waals surface area contributed by atoms with Crippen LogP contribution in [0.2, 0.25) is 0 Å². The van der Waals surface area contributed by atoms with Crippen molar-refractivity contribution in [2.75, 3.05) is 31.6 Å². The van der Waals surface area contributed by atoms with Gasteiger partial charge in [0.05, 0.1) is 6.61 Å². The Bertz CT molecular complexity index is 834. The van der Waals surface area contributed by atoms with E-state index in [1.165, 1.54) is 6.07 Å². The molecule has 1 aromatic heterocycles. The van der Waals surface area contributed by atoms with Gasteiger partial charge in [0.2, 0.25) is 0 Å². The number of anilines is 1. The van der Waals surface area contributed by atoms with Crippen LogP contribution in [0, 0.1) is 12.7 Å². The van der Waals surface area contributed by atoms with Crippen LogP contribution in [0.1, 0.15) is 31.0 Å². The number of nitrogens with zero attached hydrogens (tertiary/aromatic N) is 3. The molecule has 0 spiro atoms. The summed E-state index contributed by atoms with van der Waals surface area (Å²) in [7, 11) is 1.75. The van der Waals surface area contributed by atoms with E-state index in [1.807, 2.05) is 26.0 Å². The second kappa shape index (κ2) is 10.1. The van der Waals surface area contributed by atoms with Crippen LogP contribution in [0.15, 0.2) is 41.4 Å². The number of guanidine groups is 1. The van der Waals surface area contributed by atoms with E-state index in [2.05, 4.69) is 37.6 Å². The van der Waals surface area contributed by atoms with Crippen LogP contribution in [0.4, 0.5) is 10.2 Å². The summed E-state index contributed by atoms with van der Waals surface area (Å²) in [6, 6.07) is 11.5. The van der Waals surface area contributed by atoms with Crippen molar-refractivity contribution in [3.8, 4) is 5.75 Å². The van der Waals surface area contributed by atoms with Gasteiger partial charge in [-0.25, -0.2) is 9.37 Å². The number of halogens is 1. The van der Waals surface area contributed by atoms with Crippen molar-refractivity contribution in [1.29, 1.82) is 0 Å². The van der Waals surface area contributed by atoms with Crippen LogP contribution >= 0.6 is 0 Å². The number of aryl methyl sites for hydroxylation is 1. The third-order valence-corrected chi connectivity index (χ3v) is 5.01. The third-order valence-electron chi connectivity index (χ3n) is 5.01. The molecule has 0 atom stereocenters. The maximum absolute atomic E-state index is 14.0. The third kappa shape index (κ3) is 5.82. The maximum Gasteiger partial charge on any atom is 0.191 e. The molecule has 0 unspecified atom stereocenters. The number of ether oxygens (including phenoxy) is 1. The molecule has 156 valence electrons. The van der Waals surface area contributed by atoms with Crippen LogP contribution in [-0.4, -0.2) is 43.7 Å². The molecular formula is C22H30FN5O. The Labute approximate surface area is 172 Å². The lowest BCUT2D eigenvalue weighted by atomic mass is 10.1. The quantitative estimate of drug-likeness (QED) is 0.577. The molecule has 2 aromatic rings. The molecule has 0 saturated carbocycles. The van der Waals surface area contributed by atoms with Crippen molar-refractivity contribution < 1.29 is 9.13 Å². The van der Waals surface area contributed by atoms with E-state index in [-0.39, 0.29) is 11.6 Å². The summed E-state index contributed by atoms with van der Waals surface area (Å²) in [5.74, 6) is 1.72. The number of aliphatic imine (C=N–C) groups is 1. The predicted octanol–water partition coefficient (Wildman–Crippen LogP) is 3.26. The second-order valence-electron chi connectivity index (χ2n) is 7.17. The van der Waals surface area contributed by atoms with Crippen molar-refractivity contribution in [3.63, 3.8) is 0 Å². The molecule has 0 bridgehead atoms. The molecule has 1 aliphatic heterocycles. The highest BCUT2D eigenvalue weighted by Gasteiger charge is 2.21. The van der Waals surface area contributed by atoms with E-state index < -0.39 is 0 Å². The first kappa shape index (κ1) is 20.9. The summed E-state index contributed by atoms with van der Waals surface area (Å²) in [5.41, 5.74) is 1.88. The number of hydrogen-bond acceptors (Lipinski definition) is 4. The summed E-state index contributed by atoms with van der Waals surface area (Å²) < 4.78 is 19.3. The van der Waals surface area contributed by atoms with E-state index in [4.69, 9.17) is 4.74 Å². The van der Waals surface area contributed by atoms with Gasteiger partial charge in [0.15, 0.2) is 17.5 Å². The van der Waals surface area contributed by atoms with E-state index in [0.29, 0.717) is 19.2 Å². The zero-order valence-corrected chi connectivity index (χ0v) is 17.4.